The zero-order valence-corrected chi connectivity index (χ0v) is 16.4. The molecule has 0 bridgehead atoms. The van der Waals surface area contributed by atoms with Gasteiger partial charge in [0.05, 0.1) is 12.8 Å². The van der Waals surface area contributed by atoms with E-state index in [9.17, 15) is 9.59 Å². The molecule has 8 nitrogen and oxygen atoms in total. The summed E-state index contributed by atoms with van der Waals surface area (Å²) >= 11 is 1.35. The molecule has 0 unspecified atom stereocenters. The van der Waals surface area contributed by atoms with Crippen LogP contribution >= 0.6 is 11.3 Å². The van der Waals surface area contributed by atoms with E-state index in [1.54, 1.807) is 36.6 Å². The van der Waals surface area contributed by atoms with Crippen LogP contribution in [-0.2, 0) is 16.0 Å². The van der Waals surface area contributed by atoms with E-state index >= 15 is 0 Å². The molecule has 0 saturated heterocycles. The zero-order valence-electron chi connectivity index (χ0n) is 15.6. The third-order valence-corrected chi connectivity index (χ3v) is 4.55. The molecule has 2 heterocycles. The van der Waals surface area contributed by atoms with Crippen LogP contribution in [0.4, 0.5) is 0 Å². The van der Waals surface area contributed by atoms with E-state index in [2.05, 4.69) is 10.3 Å². The number of nitrogens with zero attached hydrogens (tertiary/aromatic N) is 2. The van der Waals surface area contributed by atoms with Gasteiger partial charge in [0.25, 0.3) is 11.8 Å². The van der Waals surface area contributed by atoms with Gasteiger partial charge in [0.15, 0.2) is 5.76 Å². The summed E-state index contributed by atoms with van der Waals surface area (Å²) in [5.41, 5.74) is 0.356. The average Bonchev–Trinajstić information content (AvgIpc) is 3.36. The number of furan rings is 1. The quantitative estimate of drug-likeness (QED) is 0.554. The lowest BCUT2D eigenvalue weighted by atomic mass is 10.3. The third kappa shape index (κ3) is 6.78. The summed E-state index contributed by atoms with van der Waals surface area (Å²) in [5, 5.41) is 5.19. The van der Waals surface area contributed by atoms with Crippen molar-refractivity contribution in [1.29, 1.82) is 0 Å². The maximum Gasteiger partial charge on any atom is 0.289 e. The number of rotatable bonds is 12. The number of hydrogen-bond acceptors (Lipinski definition) is 7. The summed E-state index contributed by atoms with van der Waals surface area (Å²) in [6, 6.07) is 3.31. The Morgan fingerprint density at radius 3 is 2.74 bits per heavy atom. The summed E-state index contributed by atoms with van der Waals surface area (Å²) in [4.78, 5) is 30.8. The van der Waals surface area contributed by atoms with E-state index < -0.39 is 0 Å². The van der Waals surface area contributed by atoms with Crippen molar-refractivity contribution in [3.63, 3.8) is 0 Å². The summed E-state index contributed by atoms with van der Waals surface area (Å²) in [7, 11) is 3.24. The van der Waals surface area contributed by atoms with Gasteiger partial charge in [-0.05, 0) is 25.0 Å². The monoisotopic (exact) mass is 395 g/mol. The van der Waals surface area contributed by atoms with Crippen molar-refractivity contribution in [1.82, 2.24) is 15.2 Å². The lowest BCUT2D eigenvalue weighted by Gasteiger charge is -2.20. The average molecular weight is 395 g/mol. The van der Waals surface area contributed by atoms with E-state index in [1.807, 2.05) is 0 Å². The van der Waals surface area contributed by atoms with Gasteiger partial charge in [-0.15, -0.1) is 11.3 Å². The van der Waals surface area contributed by atoms with Crippen molar-refractivity contribution in [2.24, 2.45) is 0 Å². The molecule has 0 aliphatic heterocycles. The maximum absolute atomic E-state index is 12.6. The van der Waals surface area contributed by atoms with E-state index in [4.69, 9.17) is 13.9 Å². The van der Waals surface area contributed by atoms with Gasteiger partial charge >= 0.3 is 0 Å². The topological polar surface area (TPSA) is 93.9 Å². The van der Waals surface area contributed by atoms with Gasteiger partial charge in [0.2, 0.25) is 0 Å². The summed E-state index contributed by atoms with van der Waals surface area (Å²) in [5.74, 6) is -0.158. The van der Waals surface area contributed by atoms with Crippen LogP contribution in [0.15, 0.2) is 28.2 Å². The van der Waals surface area contributed by atoms with Crippen molar-refractivity contribution in [3.05, 3.63) is 40.2 Å². The molecule has 2 aromatic heterocycles. The summed E-state index contributed by atoms with van der Waals surface area (Å²) in [6.45, 7) is 2.48. The van der Waals surface area contributed by atoms with Crippen LogP contribution in [-0.4, -0.2) is 62.2 Å². The lowest BCUT2D eigenvalue weighted by Crippen LogP contribution is -2.32. The Morgan fingerprint density at radius 1 is 1.26 bits per heavy atom. The highest BCUT2D eigenvalue weighted by molar-refractivity contribution is 7.09. The van der Waals surface area contributed by atoms with Gasteiger partial charge in [0, 0.05) is 45.9 Å². The Balaban J connectivity index is 1.97. The molecule has 0 aliphatic carbocycles. The first-order chi connectivity index (χ1) is 13.2. The molecule has 0 saturated carbocycles. The molecule has 9 heteroatoms. The predicted molar refractivity (Wildman–Crippen MR) is 101 cm³/mol. The van der Waals surface area contributed by atoms with Crippen LogP contribution in [0.2, 0.25) is 0 Å². The molecule has 27 heavy (non-hydrogen) atoms. The van der Waals surface area contributed by atoms with Gasteiger partial charge < -0.3 is 24.1 Å². The van der Waals surface area contributed by atoms with Gasteiger partial charge in [-0.3, -0.25) is 9.59 Å². The van der Waals surface area contributed by atoms with Gasteiger partial charge in [0.1, 0.15) is 10.7 Å². The number of hydrogen-bond donors (Lipinski definition) is 1. The summed E-state index contributed by atoms with van der Waals surface area (Å²) < 4.78 is 15.2. The van der Waals surface area contributed by atoms with Gasteiger partial charge in [-0.1, -0.05) is 0 Å². The van der Waals surface area contributed by atoms with E-state index in [-0.39, 0.29) is 17.6 Å². The summed E-state index contributed by atoms with van der Waals surface area (Å²) in [6.07, 6.45) is 2.90. The van der Waals surface area contributed by atoms with Crippen LogP contribution in [0.3, 0.4) is 0 Å². The first-order valence-corrected chi connectivity index (χ1v) is 9.57. The number of carbonyl (C=O) groups excluding carboxylic acids is 2. The number of nitrogens with one attached hydrogen (secondary N) is 1. The minimum Gasteiger partial charge on any atom is -0.459 e. The van der Waals surface area contributed by atoms with Crippen LogP contribution in [0.25, 0.3) is 0 Å². The van der Waals surface area contributed by atoms with Crippen molar-refractivity contribution in [2.75, 3.05) is 40.5 Å². The molecule has 0 atom stereocenters. The van der Waals surface area contributed by atoms with E-state index in [0.29, 0.717) is 50.0 Å². The molecule has 0 fully saturated rings. The number of carbonyl (C=O) groups is 2. The largest absolute Gasteiger partial charge is 0.459 e. The number of thiazole rings is 1. The Morgan fingerprint density at radius 2 is 2.04 bits per heavy atom. The van der Waals surface area contributed by atoms with E-state index in [0.717, 1.165) is 6.42 Å². The second kappa shape index (κ2) is 11.5. The third-order valence-electron chi connectivity index (χ3n) is 3.72. The molecule has 0 spiro atoms. The molecule has 2 amide bonds. The Hall–Kier alpha value is -2.23. The Labute approximate surface area is 162 Å². The Bertz CT molecular complexity index is 702. The number of aromatic nitrogens is 1. The molecule has 2 rings (SSSR count). The standard InChI is InChI=1S/C18H25N3O5S/c1-24-9-4-7-19-17(22)14-13-27-16(20-14)12-21(8-5-10-25-2)18(23)15-6-3-11-26-15/h3,6,11,13H,4-5,7-10,12H2,1-2H3,(H,19,22). The minimum absolute atomic E-state index is 0.211. The van der Waals surface area contributed by atoms with Gasteiger partial charge in [-0.2, -0.15) is 0 Å². The minimum atomic E-state index is -0.225. The molecular formula is C18H25N3O5S. The van der Waals surface area contributed by atoms with Crippen LogP contribution in [0.5, 0.6) is 0 Å². The van der Waals surface area contributed by atoms with Crippen LogP contribution in [0.1, 0.15) is 38.9 Å². The first kappa shape index (κ1) is 21.1. The predicted octanol–water partition coefficient (Wildman–Crippen LogP) is 2.18. The smallest absolute Gasteiger partial charge is 0.289 e. The molecule has 148 valence electrons. The number of amides is 2. The molecule has 1 N–H and O–H groups in total. The first-order valence-electron chi connectivity index (χ1n) is 8.69. The normalized spacial score (nSPS) is 10.7. The van der Waals surface area contributed by atoms with Crippen LogP contribution < -0.4 is 5.32 Å². The van der Waals surface area contributed by atoms with Crippen molar-refractivity contribution in [2.45, 2.75) is 19.4 Å². The highest BCUT2D eigenvalue weighted by atomic mass is 32.1. The SMILES string of the molecule is COCCCNC(=O)c1csc(CN(CCCOC)C(=O)c2ccco2)n1. The highest BCUT2D eigenvalue weighted by Gasteiger charge is 2.20. The fourth-order valence-electron chi connectivity index (χ4n) is 2.37. The lowest BCUT2D eigenvalue weighted by molar-refractivity contribution is 0.0691. The fraction of sp³-hybridized carbons (Fsp3) is 0.500. The molecule has 0 aromatic carbocycles. The van der Waals surface area contributed by atoms with Gasteiger partial charge in [-0.25, -0.2) is 4.98 Å². The van der Waals surface area contributed by atoms with Crippen molar-refractivity contribution in [3.8, 4) is 0 Å². The van der Waals surface area contributed by atoms with Crippen LogP contribution in [0, 0.1) is 0 Å². The Kier molecular flexibility index (Phi) is 8.96. The maximum atomic E-state index is 12.6. The highest BCUT2D eigenvalue weighted by Crippen LogP contribution is 2.15. The fourth-order valence-corrected chi connectivity index (χ4v) is 3.16. The van der Waals surface area contributed by atoms with Crippen molar-refractivity contribution >= 4 is 23.2 Å². The zero-order chi connectivity index (χ0) is 19.5. The molecule has 0 radical (unpaired) electrons. The number of ether oxygens (including phenoxy) is 2. The second-order valence-electron chi connectivity index (χ2n) is 5.78. The second-order valence-corrected chi connectivity index (χ2v) is 6.72. The molecule has 0 aliphatic rings. The number of methoxy groups -OCH3 is 2. The molecule has 2 aromatic rings. The van der Waals surface area contributed by atoms with Crippen molar-refractivity contribution < 1.29 is 23.5 Å². The van der Waals surface area contributed by atoms with E-state index in [1.165, 1.54) is 17.6 Å². The molecular weight excluding hydrogens is 370 g/mol.